The molecule has 1 saturated heterocycles. The summed E-state index contributed by atoms with van der Waals surface area (Å²) in [7, 11) is -3.22. The van der Waals surface area contributed by atoms with Gasteiger partial charge >= 0.3 is 0 Å². The van der Waals surface area contributed by atoms with Crippen LogP contribution in [0.4, 0.5) is 5.69 Å². The second-order valence-electron chi connectivity index (χ2n) is 4.69. The first-order valence-electron chi connectivity index (χ1n) is 6.13. The zero-order valence-corrected chi connectivity index (χ0v) is 11.6. The average molecular weight is 283 g/mol. The van der Waals surface area contributed by atoms with Gasteiger partial charge in [0.05, 0.1) is 24.1 Å². The molecule has 7 heteroatoms. The lowest BCUT2D eigenvalue weighted by molar-refractivity contribution is -0.120. The number of piperidine rings is 1. The van der Waals surface area contributed by atoms with E-state index in [2.05, 4.69) is 10.3 Å². The highest BCUT2D eigenvalue weighted by molar-refractivity contribution is 7.88. The Bertz CT molecular complexity index is 545. The maximum Gasteiger partial charge on any atom is 0.228 e. The third-order valence-corrected chi connectivity index (χ3v) is 4.42. The molecule has 0 aliphatic carbocycles. The maximum absolute atomic E-state index is 12.1. The third kappa shape index (κ3) is 3.74. The van der Waals surface area contributed by atoms with Gasteiger partial charge in [0.1, 0.15) is 0 Å². The molecule has 104 valence electrons. The van der Waals surface area contributed by atoms with Crippen LogP contribution in [0.3, 0.4) is 0 Å². The first kappa shape index (κ1) is 14.0. The van der Waals surface area contributed by atoms with Gasteiger partial charge in [-0.1, -0.05) is 0 Å². The fourth-order valence-electron chi connectivity index (χ4n) is 2.14. The molecular weight excluding hydrogens is 266 g/mol. The summed E-state index contributed by atoms with van der Waals surface area (Å²) in [6.07, 6.45) is 5.78. The van der Waals surface area contributed by atoms with Crippen LogP contribution in [-0.4, -0.2) is 43.0 Å². The van der Waals surface area contributed by atoms with E-state index in [1.165, 1.54) is 10.6 Å². The van der Waals surface area contributed by atoms with Crippen LogP contribution in [0.5, 0.6) is 0 Å². The van der Waals surface area contributed by atoms with Crippen LogP contribution in [0.15, 0.2) is 24.5 Å². The van der Waals surface area contributed by atoms with Crippen molar-refractivity contribution in [3.05, 3.63) is 24.5 Å². The van der Waals surface area contributed by atoms with Crippen molar-refractivity contribution in [3.63, 3.8) is 0 Å². The highest BCUT2D eigenvalue weighted by Gasteiger charge is 2.30. The van der Waals surface area contributed by atoms with Crippen molar-refractivity contribution in [1.29, 1.82) is 0 Å². The summed E-state index contributed by atoms with van der Waals surface area (Å²) in [5.74, 6) is -0.454. The Morgan fingerprint density at radius 3 is 2.95 bits per heavy atom. The highest BCUT2D eigenvalue weighted by atomic mass is 32.2. The zero-order chi connectivity index (χ0) is 13.9. The van der Waals surface area contributed by atoms with Crippen molar-refractivity contribution in [3.8, 4) is 0 Å². The molecule has 0 saturated carbocycles. The normalized spacial score (nSPS) is 21.0. The van der Waals surface area contributed by atoms with Crippen molar-refractivity contribution in [2.24, 2.45) is 5.92 Å². The molecule has 6 nitrogen and oxygen atoms in total. The lowest BCUT2D eigenvalue weighted by atomic mass is 9.99. The fraction of sp³-hybridized carbons (Fsp3) is 0.500. The SMILES string of the molecule is CS(=O)(=O)N1CCC[C@H](C(=O)Nc2cccnc2)C1. The summed E-state index contributed by atoms with van der Waals surface area (Å²) in [5, 5.41) is 2.76. The summed E-state index contributed by atoms with van der Waals surface area (Å²) >= 11 is 0. The summed E-state index contributed by atoms with van der Waals surface area (Å²) in [6, 6.07) is 3.49. The Balaban J connectivity index is 2.00. The molecule has 1 aromatic heterocycles. The molecule has 0 spiro atoms. The Morgan fingerprint density at radius 1 is 1.53 bits per heavy atom. The van der Waals surface area contributed by atoms with Gasteiger partial charge in [0.15, 0.2) is 0 Å². The molecule has 1 N–H and O–H groups in total. The number of hydrogen-bond acceptors (Lipinski definition) is 4. The molecule has 1 aliphatic rings. The van der Waals surface area contributed by atoms with Crippen LogP contribution in [0.25, 0.3) is 0 Å². The number of hydrogen-bond donors (Lipinski definition) is 1. The van der Waals surface area contributed by atoms with E-state index >= 15 is 0 Å². The molecular formula is C12H17N3O3S. The van der Waals surface area contributed by atoms with Crippen LogP contribution >= 0.6 is 0 Å². The van der Waals surface area contributed by atoms with E-state index in [-0.39, 0.29) is 18.4 Å². The van der Waals surface area contributed by atoms with Gasteiger partial charge in [-0.05, 0) is 25.0 Å². The first-order valence-corrected chi connectivity index (χ1v) is 7.97. The first-order chi connectivity index (χ1) is 8.97. The van der Waals surface area contributed by atoms with Crippen LogP contribution < -0.4 is 5.32 Å². The summed E-state index contributed by atoms with van der Waals surface area (Å²) in [5.41, 5.74) is 0.629. The Hall–Kier alpha value is -1.47. The number of carbonyl (C=O) groups is 1. The number of rotatable bonds is 3. The van der Waals surface area contributed by atoms with Gasteiger partial charge in [-0.25, -0.2) is 12.7 Å². The lowest BCUT2D eigenvalue weighted by Gasteiger charge is -2.30. The maximum atomic E-state index is 12.1. The Morgan fingerprint density at radius 2 is 2.32 bits per heavy atom. The summed E-state index contributed by atoms with van der Waals surface area (Å²) in [4.78, 5) is 16.0. The molecule has 0 unspecified atom stereocenters. The average Bonchev–Trinajstić information content (AvgIpc) is 2.39. The van der Waals surface area contributed by atoms with Crippen molar-refractivity contribution in [1.82, 2.24) is 9.29 Å². The standard InChI is InChI=1S/C12H17N3O3S/c1-19(17,18)15-7-3-4-10(9-15)12(16)14-11-5-2-6-13-8-11/h2,5-6,8,10H,3-4,7,9H2,1H3,(H,14,16)/t10-/m0/s1. The van der Waals surface area contributed by atoms with Gasteiger partial charge in [-0.15, -0.1) is 0 Å². The lowest BCUT2D eigenvalue weighted by Crippen LogP contribution is -2.43. The third-order valence-electron chi connectivity index (χ3n) is 3.15. The highest BCUT2D eigenvalue weighted by Crippen LogP contribution is 2.20. The van der Waals surface area contributed by atoms with E-state index in [1.807, 2.05) is 0 Å². The van der Waals surface area contributed by atoms with Gasteiger partial charge in [0, 0.05) is 19.3 Å². The van der Waals surface area contributed by atoms with Crippen molar-refractivity contribution in [2.45, 2.75) is 12.8 Å². The second kappa shape index (κ2) is 5.66. The molecule has 0 aromatic carbocycles. The number of aromatic nitrogens is 1. The number of nitrogens with one attached hydrogen (secondary N) is 1. The van der Waals surface area contributed by atoms with E-state index in [0.29, 0.717) is 25.1 Å². The largest absolute Gasteiger partial charge is 0.324 e. The molecule has 19 heavy (non-hydrogen) atoms. The minimum atomic E-state index is -3.22. The van der Waals surface area contributed by atoms with Gasteiger partial charge in [0.25, 0.3) is 0 Å². The van der Waals surface area contributed by atoms with Crippen molar-refractivity contribution in [2.75, 3.05) is 24.7 Å². The van der Waals surface area contributed by atoms with Gasteiger partial charge < -0.3 is 5.32 Å². The van der Waals surface area contributed by atoms with Gasteiger partial charge in [-0.3, -0.25) is 9.78 Å². The second-order valence-corrected chi connectivity index (χ2v) is 6.67. The van der Waals surface area contributed by atoms with E-state index < -0.39 is 10.0 Å². The molecule has 1 atom stereocenters. The topological polar surface area (TPSA) is 79.4 Å². The quantitative estimate of drug-likeness (QED) is 0.885. The van der Waals surface area contributed by atoms with Gasteiger partial charge in [0.2, 0.25) is 15.9 Å². The summed E-state index contributed by atoms with van der Waals surface area (Å²) in [6.45, 7) is 0.750. The molecule has 1 aromatic rings. The fourth-order valence-corrected chi connectivity index (χ4v) is 3.05. The number of nitrogens with zero attached hydrogens (tertiary/aromatic N) is 2. The van der Waals surface area contributed by atoms with Crippen LogP contribution in [0, 0.1) is 5.92 Å². The van der Waals surface area contributed by atoms with E-state index in [0.717, 1.165) is 0 Å². The monoisotopic (exact) mass is 283 g/mol. The molecule has 1 amide bonds. The molecule has 2 rings (SSSR count). The van der Waals surface area contributed by atoms with E-state index in [1.54, 1.807) is 24.5 Å². The minimum Gasteiger partial charge on any atom is -0.324 e. The zero-order valence-electron chi connectivity index (χ0n) is 10.7. The van der Waals surface area contributed by atoms with Crippen molar-refractivity contribution >= 4 is 21.6 Å². The van der Waals surface area contributed by atoms with Crippen LogP contribution in [-0.2, 0) is 14.8 Å². The molecule has 1 fully saturated rings. The summed E-state index contributed by atoms with van der Waals surface area (Å²) < 4.78 is 24.4. The predicted octanol–water partition coefficient (Wildman–Crippen LogP) is 0.692. The van der Waals surface area contributed by atoms with Gasteiger partial charge in [-0.2, -0.15) is 0 Å². The number of carbonyl (C=O) groups excluding carboxylic acids is 1. The molecule has 0 bridgehead atoms. The minimum absolute atomic E-state index is 0.152. The van der Waals surface area contributed by atoms with E-state index in [4.69, 9.17) is 0 Å². The Labute approximate surface area is 112 Å². The number of anilines is 1. The van der Waals surface area contributed by atoms with E-state index in [9.17, 15) is 13.2 Å². The Kier molecular flexibility index (Phi) is 4.16. The van der Waals surface area contributed by atoms with Crippen LogP contribution in [0.2, 0.25) is 0 Å². The number of amides is 1. The smallest absolute Gasteiger partial charge is 0.228 e. The number of sulfonamides is 1. The number of pyridine rings is 1. The molecule has 2 heterocycles. The molecule has 1 aliphatic heterocycles. The predicted molar refractivity (Wildman–Crippen MR) is 72.0 cm³/mol. The van der Waals surface area contributed by atoms with Crippen molar-refractivity contribution < 1.29 is 13.2 Å². The molecule has 0 radical (unpaired) electrons. The van der Waals surface area contributed by atoms with Crippen LogP contribution in [0.1, 0.15) is 12.8 Å².